The Morgan fingerprint density at radius 3 is 2.48 bits per heavy atom. The van der Waals surface area contributed by atoms with Crippen molar-refractivity contribution in [1.29, 1.82) is 0 Å². The number of carbonyl (C=O) groups is 2. The van der Waals surface area contributed by atoms with E-state index in [1.165, 1.54) is 16.6 Å². The van der Waals surface area contributed by atoms with Crippen LogP contribution in [-0.4, -0.2) is 37.6 Å². The minimum absolute atomic E-state index is 0.126. The molecule has 1 saturated heterocycles. The quantitative estimate of drug-likeness (QED) is 0.552. The Bertz CT molecular complexity index is 1260. The summed E-state index contributed by atoms with van der Waals surface area (Å²) in [5, 5.41) is 5.49. The van der Waals surface area contributed by atoms with Crippen molar-refractivity contribution in [2.24, 2.45) is 0 Å². The van der Waals surface area contributed by atoms with Gasteiger partial charge < -0.3 is 15.1 Å². The van der Waals surface area contributed by atoms with Crippen molar-refractivity contribution in [3.63, 3.8) is 0 Å². The molecule has 8 nitrogen and oxygen atoms in total. The highest BCUT2D eigenvalue weighted by molar-refractivity contribution is 7.89. The van der Waals surface area contributed by atoms with Crippen LogP contribution in [0.5, 0.6) is 0 Å². The molecule has 1 aliphatic rings. The number of furan rings is 1. The van der Waals surface area contributed by atoms with Crippen LogP contribution in [0.25, 0.3) is 0 Å². The molecule has 2 heterocycles. The van der Waals surface area contributed by atoms with Gasteiger partial charge in [-0.15, -0.1) is 0 Å². The van der Waals surface area contributed by atoms with Crippen LogP contribution in [0.4, 0.5) is 5.69 Å². The molecule has 0 unspecified atom stereocenters. The Morgan fingerprint density at radius 2 is 1.76 bits per heavy atom. The van der Waals surface area contributed by atoms with Crippen molar-refractivity contribution >= 4 is 27.5 Å². The summed E-state index contributed by atoms with van der Waals surface area (Å²) in [6.45, 7) is 2.89. The standard InChI is InChI=1S/C24H25N3O5S/c1-17-10-11-18(15-22(17)33(30,31)27-12-4-5-13-27)23(28)26-21-9-3-2-8-20(21)24(29)25-16-19-7-6-14-32-19/h2-3,6-11,14-15H,4-5,12-13,16H2,1H3,(H,25,29)(H,26,28). The number of carbonyl (C=O) groups excluding carboxylic acids is 2. The van der Waals surface area contributed by atoms with Crippen LogP contribution in [0.1, 0.15) is 44.9 Å². The second kappa shape index (κ2) is 9.60. The van der Waals surface area contributed by atoms with E-state index in [0.29, 0.717) is 30.1 Å². The van der Waals surface area contributed by atoms with E-state index < -0.39 is 15.9 Å². The minimum Gasteiger partial charge on any atom is -0.467 e. The zero-order valence-corrected chi connectivity index (χ0v) is 19.0. The molecule has 2 N–H and O–H groups in total. The molecule has 4 rings (SSSR count). The van der Waals surface area contributed by atoms with Crippen LogP contribution < -0.4 is 10.6 Å². The number of rotatable bonds is 7. The largest absolute Gasteiger partial charge is 0.467 e. The van der Waals surface area contributed by atoms with Crippen molar-refractivity contribution < 1.29 is 22.4 Å². The smallest absolute Gasteiger partial charge is 0.255 e. The van der Waals surface area contributed by atoms with Crippen molar-refractivity contribution in [3.05, 3.63) is 83.3 Å². The summed E-state index contributed by atoms with van der Waals surface area (Å²) in [4.78, 5) is 25.8. The van der Waals surface area contributed by atoms with Gasteiger partial charge in [0.05, 0.1) is 29.0 Å². The predicted octanol–water partition coefficient (Wildman–Crippen LogP) is 3.55. The first-order chi connectivity index (χ1) is 15.9. The monoisotopic (exact) mass is 467 g/mol. The summed E-state index contributed by atoms with van der Waals surface area (Å²) in [7, 11) is -3.67. The Hall–Kier alpha value is -3.43. The number of sulfonamides is 1. The van der Waals surface area contributed by atoms with Crippen LogP contribution >= 0.6 is 0 Å². The van der Waals surface area contributed by atoms with Crippen LogP contribution in [0, 0.1) is 6.92 Å². The number of nitrogens with zero attached hydrogens (tertiary/aromatic N) is 1. The Kier molecular flexibility index (Phi) is 6.62. The fourth-order valence-electron chi connectivity index (χ4n) is 3.75. The zero-order chi connectivity index (χ0) is 23.4. The van der Waals surface area contributed by atoms with Gasteiger partial charge in [-0.05, 0) is 61.7 Å². The van der Waals surface area contributed by atoms with Crippen LogP contribution in [-0.2, 0) is 16.6 Å². The van der Waals surface area contributed by atoms with Gasteiger partial charge in [-0.3, -0.25) is 9.59 Å². The number of amides is 2. The molecule has 0 bridgehead atoms. The molecule has 1 fully saturated rings. The summed E-state index contributed by atoms with van der Waals surface area (Å²) < 4.78 is 32.7. The number of nitrogens with one attached hydrogen (secondary N) is 2. The SMILES string of the molecule is Cc1ccc(C(=O)Nc2ccccc2C(=O)NCc2ccco2)cc1S(=O)(=O)N1CCCC1. The number of anilines is 1. The van der Waals surface area contributed by atoms with Gasteiger partial charge in [0.15, 0.2) is 0 Å². The summed E-state index contributed by atoms with van der Waals surface area (Å²) in [6.07, 6.45) is 3.18. The molecule has 0 atom stereocenters. The molecular weight excluding hydrogens is 442 g/mol. The molecule has 1 aromatic heterocycles. The van der Waals surface area contributed by atoms with Gasteiger partial charge >= 0.3 is 0 Å². The summed E-state index contributed by atoms with van der Waals surface area (Å²) in [6, 6.07) is 14.7. The number of benzene rings is 2. The van der Waals surface area contributed by atoms with Crippen LogP contribution in [0.3, 0.4) is 0 Å². The first-order valence-electron chi connectivity index (χ1n) is 10.7. The lowest BCUT2D eigenvalue weighted by Gasteiger charge is -2.18. The predicted molar refractivity (Wildman–Crippen MR) is 123 cm³/mol. The molecule has 9 heteroatoms. The Balaban J connectivity index is 1.54. The maximum absolute atomic E-state index is 13.0. The molecular formula is C24H25N3O5S. The average Bonchev–Trinajstić information content (AvgIpc) is 3.52. The molecule has 2 amide bonds. The maximum Gasteiger partial charge on any atom is 0.255 e. The second-order valence-electron chi connectivity index (χ2n) is 7.85. The maximum atomic E-state index is 13.0. The van der Waals surface area contributed by atoms with Crippen molar-refractivity contribution in [1.82, 2.24) is 9.62 Å². The summed E-state index contributed by atoms with van der Waals surface area (Å²) in [5.74, 6) is -0.265. The second-order valence-corrected chi connectivity index (χ2v) is 9.76. The van der Waals surface area contributed by atoms with Crippen molar-refractivity contribution in [2.45, 2.75) is 31.2 Å². The number of hydrogen-bond donors (Lipinski definition) is 2. The first kappa shape index (κ1) is 22.8. The number of para-hydroxylation sites is 1. The molecule has 0 spiro atoms. The molecule has 1 aliphatic heterocycles. The molecule has 3 aromatic rings. The lowest BCUT2D eigenvalue weighted by atomic mass is 10.1. The van der Waals surface area contributed by atoms with E-state index in [0.717, 1.165) is 12.8 Å². The van der Waals surface area contributed by atoms with Gasteiger partial charge in [0, 0.05) is 18.7 Å². The minimum atomic E-state index is -3.67. The molecule has 0 saturated carbocycles. The topological polar surface area (TPSA) is 109 Å². The van der Waals surface area contributed by atoms with Gasteiger partial charge in [0.25, 0.3) is 11.8 Å². The summed E-state index contributed by atoms with van der Waals surface area (Å²) in [5.41, 5.74) is 1.39. The average molecular weight is 468 g/mol. The number of aryl methyl sites for hydroxylation is 1. The van der Waals surface area contributed by atoms with E-state index in [9.17, 15) is 18.0 Å². The molecule has 2 aromatic carbocycles. The lowest BCUT2D eigenvalue weighted by molar-refractivity contribution is 0.0949. The zero-order valence-electron chi connectivity index (χ0n) is 18.2. The third-order valence-electron chi connectivity index (χ3n) is 5.56. The van der Waals surface area contributed by atoms with Crippen LogP contribution in [0.2, 0.25) is 0 Å². The van der Waals surface area contributed by atoms with Crippen molar-refractivity contribution in [2.75, 3.05) is 18.4 Å². The van der Waals surface area contributed by atoms with Gasteiger partial charge in [-0.1, -0.05) is 18.2 Å². The molecule has 0 radical (unpaired) electrons. The van der Waals surface area contributed by atoms with E-state index >= 15 is 0 Å². The van der Waals surface area contributed by atoms with Gasteiger partial charge in [-0.2, -0.15) is 4.31 Å². The Morgan fingerprint density at radius 1 is 1.00 bits per heavy atom. The lowest BCUT2D eigenvalue weighted by Crippen LogP contribution is -2.29. The van der Waals surface area contributed by atoms with E-state index in [1.807, 2.05) is 0 Å². The van der Waals surface area contributed by atoms with E-state index in [1.54, 1.807) is 55.5 Å². The first-order valence-corrected chi connectivity index (χ1v) is 12.1. The van der Waals surface area contributed by atoms with Gasteiger partial charge in [0.2, 0.25) is 10.0 Å². The van der Waals surface area contributed by atoms with E-state index in [4.69, 9.17) is 4.42 Å². The normalized spacial score (nSPS) is 14.2. The van der Waals surface area contributed by atoms with Crippen LogP contribution in [0.15, 0.2) is 70.2 Å². The molecule has 0 aliphatic carbocycles. The summed E-state index contributed by atoms with van der Waals surface area (Å²) >= 11 is 0. The highest BCUT2D eigenvalue weighted by Crippen LogP contribution is 2.25. The van der Waals surface area contributed by atoms with E-state index in [2.05, 4.69) is 10.6 Å². The third-order valence-corrected chi connectivity index (χ3v) is 7.60. The fraction of sp³-hybridized carbons (Fsp3) is 0.250. The fourth-order valence-corrected chi connectivity index (χ4v) is 5.52. The number of hydrogen-bond acceptors (Lipinski definition) is 5. The van der Waals surface area contributed by atoms with E-state index in [-0.39, 0.29) is 28.5 Å². The third kappa shape index (κ3) is 4.99. The Labute approximate surface area is 192 Å². The van der Waals surface area contributed by atoms with Gasteiger partial charge in [0.1, 0.15) is 5.76 Å². The molecule has 33 heavy (non-hydrogen) atoms. The molecule has 172 valence electrons. The van der Waals surface area contributed by atoms with Gasteiger partial charge in [-0.25, -0.2) is 8.42 Å². The highest BCUT2D eigenvalue weighted by Gasteiger charge is 2.29. The highest BCUT2D eigenvalue weighted by atomic mass is 32.2. The van der Waals surface area contributed by atoms with Crippen molar-refractivity contribution in [3.8, 4) is 0 Å².